The zero-order chi connectivity index (χ0) is 16.2. The molecule has 0 amide bonds. The number of hydrogen-bond donors (Lipinski definition) is 0. The summed E-state index contributed by atoms with van der Waals surface area (Å²) in [5.41, 5.74) is 3.19. The molecule has 24 heavy (non-hydrogen) atoms. The van der Waals surface area contributed by atoms with Crippen LogP contribution in [0.1, 0.15) is 43.9 Å². The Labute approximate surface area is 142 Å². The lowest BCUT2D eigenvalue weighted by molar-refractivity contribution is -0.0654. The first-order chi connectivity index (χ1) is 11.9. The molecule has 1 aromatic heterocycles. The second-order valence-electron chi connectivity index (χ2n) is 6.61. The summed E-state index contributed by atoms with van der Waals surface area (Å²) in [6, 6.07) is 18.5. The van der Waals surface area contributed by atoms with E-state index in [4.69, 9.17) is 4.74 Å². The SMILES string of the molecule is c1ccc(COC(C2CCCCC2)n2nnc3ccccc32)cc1. The molecule has 1 unspecified atom stereocenters. The Bertz CT molecular complexity index is 778. The van der Waals surface area contributed by atoms with Crippen LogP contribution in [-0.2, 0) is 11.3 Å². The third-order valence-corrected chi connectivity index (χ3v) is 4.94. The van der Waals surface area contributed by atoms with Crippen molar-refractivity contribution in [2.24, 2.45) is 5.92 Å². The summed E-state index contributed by atoms with van der Waals surface area (Å²) >= 11 is 0. The van der Waals surface area contributed by atoms with Crippen LogP contribution in [0.3, 0.4) is 0 Å². The van der Waals surface area contributed by atoms with Gasteiger partial charge in [0.25, 0.3) is 0 Å². The fourth-order valence-electron chi connectivity index (χ4n) is 3.66. The normalized spacial score (nSPS) is 17.2. The summed E-state index contributed by atoms with van der Waals surface area (Å²) in [7, 11) is 0. The number of hydrogen-bond acceptors (Lipinski definition) is 3. The van der Waals surface area contributed by atoms with Crippen LogP contribution in [0.2, 0.25) is 0 Å². The summed E-state index contributed by atoms with van der Waals surface area (Å²) in [6.45, 7) is 0.607. The molecule has 1 fully saturated rings. The predicted molar refractivity (Wildman–Crippen MR) is 94.4 cm³/mol. The highest BCUT2D eigenvalue weighted by Crippen LogP contribution is 2.35. The smallest absolute Gasteiger partial charge is 0.155 e. The van der Waals surface area contributed by atoms with Gasteiger partial charge in [-0.25, -0.2) is 4.68 Å². The van der Waals surface area contributed by atoms with E-state index in [0.29, 0.717) is 12.5 Å². The van der Waals surface area contributed by atoms with E-state index in [0.717, 1.165) is 11.0 Å². The number of fused-ring (bicyclic) bond motifs is 1. The zero-order valence-corrected chi connectivity index (χ0v) is 13.8. The van der Waals surface area contributed by atoms with Crippen molar-refractivity contribution in [2.75, 3.05) is 0 Å². The first-order valence-electron chi connectivity index (χ1n) is 8.87. The largest absolute Gasteiger partial charge is 0.351 e. The molecule has 1 atom stereocenters. The Balaban J connectivity index is 1.62. The lowest BCUT2D eigenvalue weighted by atomic mass is 9.88. The maximum atomic E-state index is 6.38. The minimum Gasteiger partial charge on any atom is -0.351 e. The second-order valence-corrected chi connectivity index (χ2v) is 6.61. The van der Waals surface area contributed by atoms with Gasteiger partial charge in [0.2, 0.25) is 0 Å². The maximum absolute atomic E-state index is 6.38. The number of aromatic nitrogens is 3. The average molecular weight is 321 g/mol. The minimum atomic E-state index is -0.0436. The van der Waals surface area contributed by atoms with Crippen molar-refractivity contribution < 1.29 is 4.74 Å². The van der Waals surface area contributed by atoms with E-state index in [1.165, 1.54) is 37.7 Å². The van der Waals surface area contributed by atoms with Crippen molar-refractivity contribution in [1.82, 2.24) is 15.0 Å². The molecule has 1 aliphatic carbocycles. The molecule has 0 saturated heterocycles. The first kappa shape index (κ1) is 15.3. The van der Waals surface area contributed by atoms with Crippen molar-refractivity contribution in [1.29, 1.82) is 0 Å². The topological polar surface area (TPSA) is 39.9 Å². The molecule has 0 bridgehead atoms. The molecule has 4 rings (SSSR count). The van der Waals surface area contributed by atoms with Crippen molar-refractivity contribution in [3.63, 3.8) is 0 Å². The molecule has 3 aromatic rings. The molecule has 0 spiro atoms. The highest BCUT2D eigenvalue weighted by Gasteiger charge is 2.28. The van der Waals surface area contributed by atoms with Crippen LogP contribution < -0.4 is 0 Å². The summed E-state index contributed by atoms with van der Waals surface area (Å²) in [5.74, 6) is 0.507. The van der Waals surface area contributed by atoms with Crippen LogP contribution in [-0.4, -0.2) is 15.0 Å². The second kappa shape index (κ2) is 7.14. The molecule has 1 heterocycles. The minimum absolute atomic E-state index is 0.0436. The van der Waals surface area contributed by atoms with Gasteiger partial charge in [0, 0.05) is 5.92 Å². The van der Waals surface area contributed by atoms with Crippen molar-refractivity contribution in [2.45, 2.75) is 44.9 Å². The van der Waals surface area contributed by atoms with Crippen molar-refractivity contribution in [3.8, 4) is 0 Å². The van der Waals surface area contributed by atoms with Gasteiger partial charge >= 0.3 is 0 Å². The van der Waals surface area contributed by atoms with Crippen LogP contribution in [0.25, 0.3) is 11.0 Å². The molecular weight excluding hydrogens is 298 g/mol. The number of ether oxygens (including phenoxy) is 1. The number of rotatable bonds is 5. The van der Waals surface area contributed by atoms with Gasteiger partial charge in [-0.3, -0.25) is 0 Å². The van der Waals surface area contributed by atoms with Gasteiger partial charge in [0.1, 0.15) is 5.52 Å². The number of nitrogens with zero attached hydrogens (tertiary/aromatic N) is 3. The molecule has 124 valence electrons. The zero-order valence-electron chi connectivity index (χ0n) is 13.8. The van der Waals surface area contributed by atoms with Crippen LogP contribution in [0.15, 0.2) is 54.6 Å². The third-order valence-electron chi connectivity index (χ3n) is 4.94. The third kappa shape index (κ3) is 3.20. The van der Waals surface area contributed by atoms with Crippen LogP contribution in [0.4, 0.5) is 0 Å². The highest BCUT2D eigenvalue weighted by atomic mass is 16.5. The van der Waals surface area contributed by atoms with Crippen LogP contribution in [0, 0.1) is 5.92 Å². The molecule has 4 heteroatoms. The molecule has 2 aromatic carbocycles. The van der Waals surface area contributed by atoms with Gasteiger partial charge < -0.3 is 4.74 Å². The molecule has 1 saturated carbocycles. The molecule has 1 aliphatic rings. The molecule has 0 radical (unpaired) electrons. The van der Waals surface area contributed by atoms with E-state index in [9.17, 15) is 0 Å². The standard InChI is InChI=1S/C20H23N3O/c1-3-9-16(10-4-1)15-24-20(17-11-5-2-6-12-17)23-19-14-8-7-13-18(19)21-22-23/h1,3-4,7-10,13-14,17,20H,2,5-6,11-12,15H2. The number of benzene rings is 2. The molecule has 0 aliphatic heterocycles. The van der Waals surface area contributed by atoms with E-state index >= 15 is 0 Å². The summed E-state index contributed by atoms with van der Waals surface area (Å²) < 4.78 is 8.37. The van der Waals surface area contributed by atoms with E-state index in [1.54, 1.807) is 0 Å². The maximum Gasteiger partial charge on any atom is 0.155 e. The predicted octanol–water partition coefficient (Wildman–Crippen LogP) is 4.73. The monoisotopic (exact) mass is 321 g/mol. The van der Waals surface area contributed by atoms with Crippen molar-refractivity contribution >= 4 is 11.0 Å². The highest BCUT2D eigenvalue weighted by molar-refractivity contribution is 5.73. The van der Waals surface area contributed by atoms with Gasteiger partial charge in [-0.05, 0) is 30.5 Å². The molecule has 0 N–H and O–H groups in total. The lowest BCUT2D eigenvalue weighted by Gasteiger charge is -2.30. The Kier molecular flexibility index (Phi) is 4.56. The van der Waals surface area contributed by atoms with E-state index in [-0.39, 0.29) is 6.23 Å². The van der Waals surface area contributed by atoms with Gasteiger partial charge in [0.15, 0.2) is 6.23 Å². The van der Waals surface area contributed by atoms with Crippen LogP contribution >= 0.6 is 0 Å². The Morgan fingerprint density at radius 3 is 2.54 bits per heavy atom. The summed E-state index contributed by atoms with van der Waals surface area (Å²) in [4.78, 5) is 0. The van der Waals surface area contributed by atoms with Gasteiger partial charge in [-0.15, -0.1) is 5.10 Å². The van der Waals surface area contributed by atoms with Gasteiger partial charge in [0.05, 0.1) is 12.1 Å². The molecular formula is C20H23N3O. The van der Waals surface area contributed by atoms with Crippen molar-refractivity contribution in [3.05, 3.63) is 60.2 Å². The molecule has 4 nitrogen and oxygen atoms in total. The fourth-order valence-corrected chi connectivity index (χ4v) is 3.66. The average Bonchev–Trinajstić information content (AvgIpc) is 3.08. The van der Waals surface area contributed by atoms with Gasteiger partial charge in [-0.1, -0.05) is 66.9 Å². The summed E-state index contributed by atoms with van der Waals surface area (Å²) in [5, 5.41) is 8.75. The summed E-state index contributed by atoms with van der Waals surface area (Å²) in [6.07, 6.45) is 6.25. The Hall–Kier alpha value is -2.20. The van der Waals surface area contributed by atoms with Gasteiger partial charge in [-0.2, -0.15) is 0 Å². The van der Waals surface area contributed by atoms with E-state index in [2.05, 4.69) is 40.6 Å². The lowest BCUT2D eigenvalue weighted by Crippen LogP contribution is -2.25. The Morgan fingerprint density at radius 1 is 0.958 bits per heavy atom. The quantitative estimate of drug-likeness (QED) is 0.682. The van der Waals surface area contributed by atoms with E-state index < -0.39 is 0 Å². The Morgan fingerprint density at radius 2 is 1.71 bits per heavy atom. The number of para-hydroxylation sites is 1. The first-order valence-corrected chi connectivity index (χ1v) is 8.87. The van der Waals surface area contributed by atoms with Crippen LogP contribution in [0.5, 0.6) is 0 Å². The fraction of sp³-hybridized carbons (Fsp3) is 0.400. The van der Waals surface area contributed by atoms with E-state index in [1.807, 2.05) is 28.9 Å².